The van der Waals surface area contributed by atoms with Crippen molar-refractivity contribution >= 4 is 63.0 Å². The van der Waals surface area contributed by atoms with E-state index in [0.717, 1.165) is 11.3 Å². The Morgan fingerprint density at radius 2 is 1.86 bits per heavy atom. The number of ether oxygens (including phenoxy) is 1. The van der Waals surface area contributed by atoms with Crippen LogP contribution in [0.4, 0.5) is 5.95 Å². The van der Waals surface area contributed by atoms with Crippen molar-refractivity contribution in [1.82, 2.24) is 14.6 Å². The van der Waals surface area contributed by atoms with Crippen LogP contribution >= 0.6 is 46.1 Å². The second-order valence-corrected chi connectivity index (χ2v) is 7.78. The molecule has 6 nitrogen and oxygen atoms in total. The van der Waals surface area contributed by atoms with E-state index in [1.54, 1.807) is 47.0 Å². The van der Waals surface area contributed by atoms with Gasteiger partial charge in [-0.3, -0.25) is 10.1 Å². The molecule has 0 spiro atoms. The number of aromatic nitrogens is 3. The molecule has 0 atom stereocenters. The van der Waals surface area contributed by atoms with E-state index >= 15 is 0 Å². The zero-order chi connectivity index (χ0) is 19.7. The van der Waals surface area contributed by atoms with Gasteiger partial charge in [0.2, 0.25) is 4.96 Å². The van der Waals surface area contributed by atoms with Gasteiger partial charge in [-0.1, -0.05) is 34.8 Å². The van der Waals surface area contributed by atoms with Crippen LogP contribution in [0.1, 0.15) is 0 Å². The summed E-state index contributed by atoms with van der Waals surface area (Å²) in [6.45, 7) is -0.179. The molecule has 2 heterocycles. The Labute approximate surface area is 178 Å². The minimum absolute atomic E-state index is 0.177. The second kappa shape index (κ2) is 7.97. The van der Waals surface area contributed by atoms with Gasteiger partial charge in [-0.2, -0.15) is 4.98 Å². The second-order valence-electron chi connectivity index (χ2n) is 5.67. The summed E-state index contributed by atoms with van der Waals surface area (Å²) >= 11 is 19.5. The molecule has 0 aliphatic heterocycles. The number of amides is 1. The molecule has 142 valence electrons. The number of benzene rings is 2. The molecule has 0 fully saturated rings. The minimum atomic E-state index is -0.379. The third-order valence-corrected chi connectivity index (χ3v) is 5.35. The van der Waals surface area contributed by atoms with Gasteiger partial charge in [-0.15, -0.1) is 16.4 Å². The largest absolute Gasteiger partial charge is 0.484 e. The molecule has 0 saturated heterocycles. The summed E-state index contributed by atoms with van der Waals surface area (Å²) in [7, 11) is 0. The molecule has 2 aromatic carbocycles. The number of anilines is 1. The van der Waals surface area contributed by atoms with Crippen molar-refractivity contribution in [3.8, 4) is 17.0 Å². The highest BCUT2D eigenvalue weighted by Crippen LogP contribution is 2.33. The fourth-order valence-electron chi connectivity index (χ4n) is 2.45. The van der Waals surface area contributed by atoms with Crippen LogP contribution < -0.4 is 10.1 Å². The van der Waals surface area contributed by atoms with Crippen molar-refractivity contribution in [2.24, 2.45) is 0 Å². The van der Waals surface area contributed by atoms with Crippen LogP contribution in [0.5, 0.6) is 5.75 Å². The lowest BCUT2D eigenvalue weighted by atomic mass is 10.2. The standard InChI is InChI=1S/C18H11Cl3N4O2S/c19-10-1-4-12(5-2-10)27-8-16(26)22-17-23-18-25(24-17)15(9-28-18)13-7-11(20)3-6-14(13)21/h1-7,9H,8H2,(H,22,24,26). The molecular weight excluding hydrogens is 443 g/mol. The quantitative estimate of drug-likeness (QED) is 0.437. The number of hydrogen-bond acceptors (Lipinski definition) is 5. The molecule has 0 radical (unpaired) electrons. The fraction of sp³-hybridized carbons (Fsp3) is 0.0556. The highest BCUT2D eigenvalue weighted by atomic mass is 35.5. The summed E-state index contributed by atoms with van der Waals surface area (Å²) in [4.78, 5) is 17.0. The first kappa shape index (κ1) is 19.0. The van der Waals surface area contributed by atoms with E-state index in [-0.39, 0.29) is 18.5 Å². The predicted octanol–water partition coefficient (Wildman–Crippen LogP) is 5.44. The number of thiazole rings is 1. The maximum atomic E-state index is 12.1. The number of nitrogens with zero attached hydrogens (tertiary/aromatic N) is 3. The maximum absolute atomic E-state index is 12.1. The van der Waals surface area contributed by atoms with E-state index in [2.05, 4.69) is 15.4 Å². The van der Waals surface area contributed by atoms with Crippen molar-refractivity contribution in [1.29, 1.82) is 0 Å². The van der Waals surface area contributed by atoms with Crippen molar-refractivity contribution in [2.45, 2.75) is 0 Å². The molecule has 0 bridgehead atoms. The van der Waals surface area contributed by atoms with E-state index in [9.17, 15) is 4.79 Å². The summed E-state index contributed by atoms with van der Waals surface area (Å²) in [6, 6.07) is 11.9. The summed E-state index contributed by atoms with van der Waals surface area (Å²) < 4.78 is 7.02. The highest BCUT2D eigenvalue weighted by Gasteiger charge is 2.15. The van der Waals surface area contributed by atoms with Crippen LogP contribution in [0.25, 0.3) is 16.2 Å². The van der Waals surface area contributed by atoms with Crippen LogP contribution in [0.2, 0.25) is 15.1 Å². The highest BCUT2D eigenvalue weighted by molar-refractivity contribution is 7.15. The van der Waals surface area contributed by atoms with Gasteiger partial charge in [0.05, 0.1) is 10.7 Å². The monoisotopic (exact) mass is 452 g/mol. The lowest BCUT2D eigenvalue weighted by molar-refractivity contribution is -0.118. The van der Waals surface area contributed by atoms with Crippen molar-refractivity contribution in [3.63, 3.8) is 0 Å². The molecule has 4 rings (SSSR count). The van der Waals surface area contributed by atoms with Gasteiger partial charge in [0.25, 0.3) is 11.9 Å². The minimum Gasteiger partial charge on any atom is -0.484 e. The predicted molar refractivity (Wildman–Crippen MR) is 112 cm³/mol. The van der Waals surface area contributed by atoms with Crippen LogP contribution in [0, 0.1) is 0 Å². The Kier molecular flexibility index (Phi) is 5.41. The van der Waals surface area contributed by atoms with Gasteiger partial charge >= 0.3 is 0 Å². The Balaban J connectivity index is 1.49. The first-order valence-electron chi connectivity index (χ1n) is 7.97. The van der Waals surface area contributed by atoms with Gasteiger partial charge < -0.3 is 4.74 Å². The molecule has 1 N–H and O–H groups in total. The lowest BCUT2D eigenvalue weighted by Crippen LogP contribution is -2.20. The molecule has 28 heavy (non-hydrogen) atoms. The Morgan fingerprint density at radius 1 is 1.11 bits per heavy atom. The summed E-state index contributed by atoms with van der Waals surface area (Å²) in [5, 5.41) is 10.5. The number of hydrogen-bond donors (Lipinski definition) is 1. The smallest absolute Gasteiger partial charge is 0.264 e. The van der Waals surface area contributed by atoms with E-state index in [0.29, 0.717) is 25.8 Å². The maximum Gasteiger partial charge on any atom is 0.264 e. The zero-order valence-corrected chi connectivity index (χ0v) is 17.1. The summed E-state index contributed by atoms with van der Waals surface area (Å²) in [6.07, 6.45) is 0. The molecular formula is C18H11Cl3N4O2S. The topological polar surface area (TPSA) is 68.5 Å². The van der Waals surface area contributed by atoms with Gasteiger partial charge in [0.1, 0.15) is 5.75 Å². The Morgan fingerprint density at radius 3 is 2.64 bits per heavy atom. The van der Waals surface area contributed by atoms with Crippen molar-refractivity contribution in [3.05, 3.63) is 62.9 Å². The first-order chi connectivity index (χ1) is 13.5. The number of fused-ring (bicyclic) bond motifs is 1. The van der Waals surface area contributed by atoms with Crippen molar-refractivity contribution < 1.29 is 9.53 Å². The zero-order valence-electron chi connectivity index (χ0n) is 14.0. The number of rotatable bonds is 5. The number of carbonyl (C=O) groups is 1. The van der Waals surface area contributed by atoms with Crippen LogP contribution in [-0.2, 0) is 4.79 Å². The van der Waals surface area contributed by atoms with E-state index in [1.165, 1.54) is 11.3 Å². The fourth-order valence-corrected chi connectivity index (χ4v) is 3.79. The number of halogens is 3. The van der Waals surface area contributed by atoms with Gasteiger partial charge in [0.15, 0.2) is 6.61 Å². The van der Waals surface area contributed by atoms with Crippen LogP contribution in [-0.4, -0.2) is 27.1 Å². The van der Waals surface area contributed by atoms with E-state index < -0.39 is 0 Å². The molecule has 0 saturated carbocycles. The molecule has 1 amide bonds. The average molecular weight is 454 g/mol. The van der Waals surface area contributed by atoms with Gasteiger partial charge in [0, 0.05) is 21.0 Å². The Bertz CT molecular complexity index is 1160. The average Bonchev–Trinajstić information content (AvgIpc) is 3.23. The third-order valence-electron chi connectivity index (χ3n) is 3.72. The molecule has 4 aromatic rings. The normalized spacial score (nSPS) is 11.0. The lowest BCUT2D eigenvalue weighted by Gasteiger charge is -2.05. The summed E-state index contributed by atoms with van der Waals surface area (Å²) in [5.74, 6) is 0.336. The Hall–Kier alpha value is -2.32. The van der Waals surface area contributed by atoms with Crippen LogP contribution in [0.15, 0.2) is 47.8 Å². The van der Waals surface area contributed by atoms with Crippen molar-refractivity contribution in [2.75, 3.05) is 11.9 Å². The van der Waals surface area contributed by atoms with Gasteiger partial charge in [-0.05, 0) is 42.5 Å². The third kappa shape index (κ3) is 4.07. The first-order valence-corrected chi connectivity index (χ1v) is 9.99. The number of carbonyl (C=O) groups excluding carboxylic acids is 1. The van der Waals surface area contributed by atoms with E-state index in [4.69, 9.17) is 39.5 Å². The molecule has 0 aliphatic rings. The number of nitrogens with one attached hydrogen (secondary N) is 1. The SMILES string of the molecule is O=C(COc1ccc(Cl)cc1)Nc1nc2scc(-c3cc(Cl)ccc3Cl)n2n1. The molecule has 10 heteroatoms. The van der Waals surface area contributed by atoms with Crippen LogP contribution in [0.3, 0.4) is 0 Å². The molecule has 0 aliphatic carbocycles. The van der Waals surface area contributed by atoms with E-state index in [1.807, 2.05) is 5.38 Å². The molecule has 0 unspecified atom stereocenters. The summed E-state index contributed by atoms with van der Waals surface area (Å²) in [5.41, 5.74) is 1.46. The molecule has 2 aromatic heterocycles. The van der Waals surface area contributed by atoms with Gasteiger partial charge in [-0.25, -0.2) is 4.52 Å².